The third-order valence-electron chi connectivity index (χ3n) is 3.33. The molecule has 7 heteroatoms. The van der Waals surface area contributed by atoms with Gasteiger partial charge in [0.1, 0.15) is 17.4 Å². The first-order valence-corrected chi connectivity index (χ1v) is 6.93. The van der Waals surface area contributed by atoms with Crippen LogP contribution in [0.3, 0.4) is 0 Å². The molecule has 0 saturated carbocycles. The average molecular weight is 308 g/mol. The molecule has 1 aromatic carbocycles. The molecule has 21 heavy (non-hydrogen) atoms. The zero-order valence-corrected chi connectivity index (χ0v) is 11.9. The maximum atomic E-state index is 12.0. The van der Waals surface area contributed by atoms with Gasteiger partial charge in [0.15, 0.2) is 0 Å². The summed E-state index contributed by atoms with van der Waals surface area (Å²) in [6.45, 7) is 0.420. The predicted molar refractivity (Wildman–Crippen MR) is 78.9 cm³/mol. The zero-order chi connectivity index (χ0) is 14.8. The fraction of sp³-hybridized carbons (Fsp3) is 0.286. The highest BCUT2D eigenvalue weighted by molar-refractivity contribution is 6.32. The molecule has 1 atom stereocenters. The zero-order valence-electron chi connectivity index (χ0n) is 11.1. The van der Waals surface area contributed by atoms with E-state index in [1.165, 1.54) is 6.20 Å². The van der Waals surface area contributed by atoms with E-state index in [4.69, 9.17) is 21.4 Å². The Kier molecular flexibility index (Phi) is 3.81. The van der Waals surface area contributed by atoms with Gasteiger partial charge in [0, 0.05) is 5.56 Å². The maximum Gasteiger partial charge on any atom is 0.287 e. The van der Waals surface area contributed by atoms with Crippen molar-refractivity contribution in [2.45, 2.75) is 12.6 Å². The standard InChI is InChI=1S/C14H14ClN3O3/c15-13-10(7-16-18(5-6-19)14(13)20)17-11-8-21-12-4-2-1-3-9(11)12/h1-4,7,11,17,19H,5-6,8H2. The normalized spacial score (nSPS) is 16.4. The molecule has 1 unspecified atom stereocenters. The van der Waals surface area contributed by atoms with Crippen molar-refractivity contribution in [1.29, 1.82) is 0 Å². The Balaban J connectivity index is 1.87. The van der Waals surface area contributed by atoms with E-state index < -0.39 is 5.56 Å². The monoisotopic (exact) mass is 307 g/mol. The highest BCUT2D eigenvalue weighted by Crippen LogP contribution is 2.34. The summed E-state index contributed by atoms with van der Waals surface area (Å²) in [5.74, 6) is 0.827. The first kappa shape index (κ1) is 13.9. The van der Waals surface area contributed by atoms with E-state index in [0.29, 0.717) is 12.3 Å². The van der Waals surface area contributed by atoms with Gasteiger partial charge in [-0.25, -0.2) is 4.68 Å². The topological polar surface area (TPSA) is 76.4 Å². The van der Waals surface area contributed by atoms with Crippen molar-refractivity contribution < 1.29 is 9.84 Å². The Labute approximate surface area is 125 Å². The molecule has 3 rings (SSSR count). The van der Waals surface area contributed by atoms with Gasteiger partial charge >= 0.3 is 0 Å². The van der Waals surface area contributed by atoms with Crippen molar-refractivity contribution in [3.05, 3.63) is 51.4 Å². The van der Waals surface area contributed by atoms with Crippen molar-refractivity contribution in [2.24, 2.45) is 0 Å². The lowest BCUT2D eigenvalue weighted by molar-refractivity contribution is 0.266. The summed E-state index contributed by atoms with van der Waals surface area (Å²) in [5.41, 5.74) is 1.05. The van der Waals surface area contributed by atoms with Crippen LogP contribution in [-0.4, -0.2) is 28.1 Å². The first-order chi connectivity index (χ1) is 10.2. The number of hydrogen-bond acceptors (Lipinski definition) is 5. The van der Waals surface area contributed by atoms with E-state index in [2.05, 4.69) is 10.4 Å². The molecule has 0 spiro atoms. The van der Waals surface area contributed by atoms with E-state index in [1.54, 1.807) is 0 Å². The molecule has 0 radical (unpaired) electrons. The number of hydrogen-bond donors (Lipinski definition) is 2. The second kappa shape index (κ2) is 5.75. The van der Waals surface area contributed by atoms with Gasteiger partial charge < -0.3 is 15.2 Å². The Bertz CT molecular complexity index is 717. The van der Waals surface area contributed by atoms with Gasteiger partial charge in [0.25, 0.3) is 5.56 Å². The van der Waals surface area contributed by atoms with E-state index in [1.807, 2.05) is 24.3 Å². The molecule has 0 aliphatic carbocycles. The Morgan fingerprint density at radius 2 is 2.29 bits per heavy atom. The number of nitrogens with one attached hydrogen (secondary N) is 1. The first-order valence-electron chi connectivity index (χ1n) is 6.55. The summed E-state index contributed by atoms with van der Waals surface area (Å²) in [6.07, 6.45) is 1.49. The van der Waals surface area contributed by atoms with Crippen LogP contribution in [0.2, 0.25) is 5.02 Å². The van der Waals surface area contributed by atoms with Crippen LogP contribution in [0.15, 0.2) is 35.3 Å². The third-order valence-corrected chi connectivity index (χ3v) is 3.69. The van der Waals surface area contributed by atoms with Gasteiger partial charge in [-0.05, 0) is 6.07 Å². The van der Waals surface area contributed by atoms with E-state index >= 15 is 0 Å². The molecule has 0 bridgehead atoms. The molecule has 1 aliphatic rings. The number of aliphatic hydroxyl groups is 1. The molecule has 0 saturated heterocycles. The van der Waals surface area contributed by atoms with Crippen LogP contribution >= 0.6 is 11.6 Å². The van der Waals surface area contributed by atoms with Crippen molar-refractivity contribution >= 4 is 17.3 Å². The number of anilines is 1. The Morgan fingerprint density at radius 1 is 1.48 bits per heavy atom. The number of halogens is 1. The largest absolute Gasteiger partial charge is 0.491 e. The Hall–Kier alpha value is -2.05. The van der Waals surface area contributed by atoms with E-state index in [9.17, 15) is 4.79 Å². The molecule has 1 aliphatic heterocycles. The van der Waals surface area contributed by atoms with Gasteiger partial charge in [0.05, 0.1) is 31.1 Å². The summed E-state index contributed by atoms with van der Waals surface area (Å²) in [6, 6.07) is 7.63. The Morgan fingerprint density at radius 3 is 3.10 bits per heavy atom. The van der Waals surface area contributed by atoms with E-state index in [-0.39, 0.29) is 24.2 Å². The molecular formula is C14H14ClN3O3. The number of nitrogens with zero attached hydrogens (tertiary/aromatic N) is 2. The predicted octanol–water partition coefficient (Wildman–Crippen LogP) is 1.43. The minimum Gasteiger partial charge on any atom is -0.491 e. The van der Waals surface area contributed by atoms with Gasteiger partial charge in [-0.1, -0.05) is 29.8 Å². The lowest BCUT2D eigenvalue weighted by Gasteiger charge is -2.14. The van der Waals surface area contributed by atoms with E-state index in [0.717, 1.165) is 16.0 Å². The summed E-state index contributed by atoms with van der Waals surface area (Å²) >= 11 is 6.08. The van der Waals surface area contributed by atoms with Crippen LogP contribution in [-0.2, 0) is 6.54 Å². The molecule has 2 heterocycles. The molecule has 110 valence electrons. The number of rotatable bonds is 4. The average Bonchev–Trinajstić information content (AvgIpc) is 2.90. The molecule has 1 aromatic heterocycles. The summed E-state index contributed by atoms with van der Waals surface area (Å²) in [7, 11) is 0. The molecule has 2 aromatic rings. The van der Waals surface area contributed by atoms with Gasteiger partial charge in [0.2, 0.25) is 0 Å². The van der Waals surface area contributed by atoms with Crippen LogP contribution in [0.1, 0.15) is 11.6 Å². The second-order valence-corrected chi connectivity index (χ2v) is 5.05. The molecule has 0 amide bonds. The van der Waals surface area contributed by atoms with Crippen LogP contribution in [0, 0.1) is 0 Å². The summed E-state index contributed by atoms with van der Waals surface area (Å²) in [4.78, 5) is 12.0. The number of benzene rings is 1. The lowest BCUT2D eigenvalue weighted by atomic mass is 10.1. The minimum atomic E-state index is -0.428. The number of ether oxygens (including phenoxy) is 1. The van der Waals surface area contributed by atoms with Crippen LogP contribution < -0.4 is 15.6 Å². The molecule has 6 nitrogen and oxygen atoms in total. The van der Waals surface area contributed by atoms with Crippen molar-refractivity contribution in [2.75, 3.05) is 18.5 Å². The third kappa shape index (κ3) is 2.59. The van der Waals surface area contributed by atoms with Crippen LogP contribution in [0.5, 0.6) is 5.75 Å². The van der Waals surface area contributed by atoms with Crippen molar-refractivity contribution in [1.82, 2.24) is 9.78 Å². The van der Waals surface area contributed by atoms with Crippen LogP contribution in [0.25, 0.3) is 0 Å². The highest BCUT2D eigenvalue weighted by atomic mass is 35.5. The molecule has 0 fully saturated rings. The molecule has 2 N–H and O–H groups in total. The SMILES string of the molecule is O=c1c(Cl)c(NC2COc3ccccc32)cnn1CCO. The van der Waals surface area contributed by atoms with Crippen molar-refractivity contribution in [3.63, 3.8) is 0 Å². The van der Waals surface area contributed by atoms with Gasteiger partial charge in [-0.3, -0.25) is 4.79 Å². The second-order valence-electron chi connectivity index (χ2n) is 4.67. The van der Waals surface area contributed by atoms with Gasteiger partial charge in [-0.15, -0.1) is 0 Å². The number of para-hydroxylation sites is 1. The van der Waals surface area contributed by atoms with Crippen LogP contribution in [0.4, 0.5) is 5.69 Å². The maximum absolute atomic E-state index is 12.0. The lowest BCUT2D eigenvalue weighted by Crippen LogP contribution is -2.26. The van der Waals surface area contributed by atoms with Gasteiger partial charge in [-0.2, -0.15) is 5.10 Å². The van der Waals surface area contributed by atoms with Crippen molar-refractivity contribution in [3.8, 4) is 5.75 Å². The highest BCUT2D eigenvalue weighted by Gasteiger charge is 2.24. The minimum absolute atomic E-state index is 0.0582. The quantitative estimate of drug-likeness (QED) is 0.894. The summed E-state index contributed by atoms with van der Waals surface area (Å²) < 4.78 is 6.70. The summed E-state index contributed by atoms with van der Waals surface area (Å²) in [5, 5.41) is 16.1. The fourth-order valence-corrected chi connectivity index (χ4v) is 2.49. The number of aromatic nitrogens is 2. The number of aliphatic hydroxyl groups excluding tert-OH is 1. The smallest absolute Gasteiger partial charge is 0.287 e. The fourth-order valence-electron chi connectivity index (χ4n) is 2.29. The molecular weight excluding hydrogens is 294 g/mol. The number of fused-ring (bicyclic) bond motifs is 1.